The summed E-state index contributed by atoms with van der Waals surface area (Å²) in [5, 5.41) is 3.10. The first-order valence-electron chi connectivity index (χ1n) is 7.82. The van der Waals surface area contributed by atoms with Gasteiger partial charge in [-0.15, -0.1) is 0 Å². The number of amides is 2. The average Bonchev–Trinajstić information content (AvgIpc) is 3.24. The van der Waals surface area contributed by atoms with Crippen LogP contribution in [0, 0.1) is 17.8 Å². The predicted molar refractivity (Wildman–Crippen MR) is 77.9 cm³/mol. The molecule has 2 amide bonds. The van der Waals surface area contributed by atoms with Gasteiger partial charge in [0.1, 0.15) is 0 Å². The Morgan fingerprint density at radius 1 is 1.20 bits per heavy atom. The van der Waals surface area contributed by atoms with Gasteiger partial charge in [0.15, 0.2) is 0 Å². The van der Waals surface area contributed by atoms with E-state index in [9.17, 15) is 9.59 Å². The van der Waals surface area contributed by atoms with Crippen molar-refractivity contribution in [3.8, 4) is 0 Å². The molecular formula is C15H27N3O2. The second-order valence-corrected chi connectivity index (χ2v) is 6.47. The molecule has 0 radical (unpaired) electrons. The largest absolute Gasteiger partial charge is 0.353 e. The van der Waals surface area contributed by atoms with Crippen molar-refractivity contribution in [1.82, 2.24) is 10.2 Å². The number of carbonyl (C=O) groups excluding carboxylic acids is 2. The highest BCUT2D eigenvalue weighted by Gasteiger charge is 2.33. The van der Waals surface area contributed by atoms with Gasteiger partial charge in [0.25, 0.3) is 0 Å². The van der Waals surface area contributed by atoms with Gasteiger partial charge in [-0.1, -0.05) is 13.8 Å². The van der Waals surface area contributed by atoms with Crippen molar-refractivity contribution >= 4 is 11.8 Å². The fourth-order valence-electron chi connectivity index (χ4n) is 2.80. The molecule has 2 fully saturated rings. The van der Waals surface area contributed by atoms with Crippen molar-refractivity contribution in [2.75, 3.05) is 19.6 Å². The van der Waals surface area contributed by atoms with Gasteiger partial charge < -0.3 is 16.0 Å². The molecule has 1 heterocycles. The van der Waals surface area contributed by atoms with Crippen LogP contribution < -0.4 is 11.1 Å². The van der Waals surface area contributed by atoms with E-state index in [1.54, 1.807) is 0 Å². The van der Waals surface area contributed by atoms with Gasteiger partial charge in [0.2, 0.25) is 11.8 Å². The quantitative estimate of drug-likeness (QED) is 0.780. The molecule has 114 valence electrons. The Kier molecular flexibility index (Phi) is 5.02. The van der Waals surface area contributed by atoms with Gasteiger partial charge in [-0.3, -0.25) is 9.59 Å². The highest BCUT2D eigenvalue weighted by molar-refractivity contribution is 5.81. The number of rotatable bonds is 5. The molecule has 3 N–H and O–H groups in total. The Morgan fingerprint density at radius 2 is 1.80 bits per heavy atom. The molecule has 2 rings (SSSR count). The average molecular weight is 281 g/mol. The van der Waals surface area contributed by atoms with Gasteiger partial charge in [-0.05, 0) is 31.6 Å². The second kappa shape index (κ2) is 6.57. The first kappa shape index (κ1) is 15.3. The third-order valence-corrected chi connectivity index (χ3v) is 4.48. The van der Waals surface area contributed by atoms with E-state index >= 15 is 0 Å². The lowest BCUT2D eigenvalue weighted by atomic mass is 9.93. The molecule has 0 aromatic heterocycles. The van der Waals surface area contributed by atoms with Crippen LogP contribution in [0.3, 0.4) is 0 Å². The number of carbonyl (C=O) groups is 2. The Labute approximate surface area is 121 Å². The fourth-order valence-corrected chi connectivity index (χ4v) is 2.80. The number of nitrogens with one attached hydrogen (secondary N) is 1. The van der Waals surface area contributed by atoms with Crippen LogP contribution >= 0.6 is 0 Å². The summed E-state index contributed by atoms with van der Waals surface area (Å²) in [7, 11) is 0. The van der Waals surface area contributed by atoms with Crippen LogP contribution in [-0.4, -0.2) is 42.4 Å². The van der Waals surface area contributed by atoms with Crippen LogP contribution in [0.5, 0.6) is 0 Å². The Balaban J connectivity index is 1.78. The number of nitrogens with zero attached hydrogens (tertiary/aromatic N) is 1. The first-order chi connectivity index (χ1) is 9.52. The van der Waals surface area contributed by atoms with Crippen molar-refractivity contribution in [3.63, 3.8) is 0 Å². The van der Waals surface area contributed by atoms with E-state index < -0.39 is 0 Å². The molecule has 1 aliphatic heterocycles. The molecule has 0 aromatic rings. The van der Waals surface area contributed by atoms with E-state index in [-0.39, 0.29) is 35.6 Å². The molecule has 5 nitrogen and oxygen atoms in total. The van der Waals surface area contributed by atoms with E-state index in [2.05, 4.69) is 5.32 Å². The number of hydrogen-bond acceptors (Lipinski definition) is 3. The highest BCUT2D eigenvalue weighted by atomic mass is 16.2. The van der Waals surface area contributed by atoms with E-state index in [4.69, 9.17) is 5.73 Å². The standard InChI is InChI=1S/C15H27N3O2/c1-10(2)13(9-16)15(20)18-7-5-12(6-8-18)17-14(19)11-3-4-11/h10-13H,3-9,16H2,1-2H3,(H,17,19). The monoisotopic (exact) mass is 281 g/mol. The molecule has 1 aliphatic carbocycles. The van der Waals surface area contributed by atoms with Crippen molar-refractivity contribution < 1.29 is 9.59 Å². The third kappa shape index (κ3) is 3.72. The minimum Gasteiger partial charge on any atom is -0.353 e. The van der Waals surface area contributed by atoms with E-state index in [1.807, 2.05) is 18.7 Å². The lowest BCUT2D eigenvalue weighted by Gasteiger charge is -2.35. The first-order valence-corrected chi connectivity index (χ1v) is 7.82. The zero-order valence-corrected chi connectivity index (χ0v) is 12.6. The van der Waals surface area contributed by atoms with Gasteiger partial charge >= 0.3 is 0 Å². The van der Waals surface area contributed by atoms with Crippen molar-refractivity contribution in [2.45, 2.75) is 45.6 Å². The van der Waals surface area contributed by atoms with Crippen LogP contribution in [0.4, 0.5) is 0 Å². The van der Waals surface area contributed by atoms with Crippen LogP contribution in [-0.2, 0) is 9.59 Å². The van der Waals surface area contributed by atoms with E-state index in [1.165, 1.54) is 0 Å². The van der Waals surface area contributed by atoms with Crippen molar-refractivity contribution in [3.05, 3.63) is 0 Å². The van der Waals surface area contributed by atoms with Crippen LogP contribution in [0.2, 0.25) is 0 Å². The maximum absolute atomic E-state index is 12.4. The van der Waals surface area contributed by atoms with Crippen LogP contribution in [0.1, 0.15) is 39.5 Å². The van der Waals surface area contributed by atoms with E-state index in [0.29, 0.717) is 6.54 Å². The summed E-state index contributed by atoms with van der Waals surface area (Å²) < 4.78 is 0. The molecule has 1 saturated heterocycles. The molecule has 1 atom stereocenters. The maximum atomic E-state index is 12.4. The van der Waals surface area contributed by atoms with Crippen LogP contribution in [0.15, 0.2) is 0 Å². The summed E-state index contributed by atoms with van der Waals surface area (Å²) >= 11 is 0. The van der Waals surface area contributed by atoms with Gasteiger partial charge in [-0.25, -0.2) is 0 Å². The number of nitrogens with two attached hydrogens (primary N) is 1. The summed E-state index contributed by atoms with van der Waals surface area (Å²) in [6.07, 6.45) is 3.80. The topological polar surface area (TPSA) is 75.4 Å². The Morgan fingerprint density at radius 3 is 2.25 bits per heavy atom. The lowest BCUT2D eigenvalue weighted by Crippen LogP contribution is -2.49. The molecule has 5 heteroatoms. The fraction of sp³-hybridized carbons (Fsp3) is 0.867. The Hall–Kier alpha value is -1.10. The molecule has 2 aliphatic rings. The lowest BCUT2D eigenvalue weighted by molar-refractivity contribution is -0.137. The summed E-state index contributed by atoms with van der Waals surface area (Å²) in [6.45, 7) is 5.96. The molecule has 20 heavy (non-hydrogen) atoms. The molecule has 0 aromatic carbocycles. The summed E-state index contributed by atoms with van der Waals surface area (Å²) in [5.41, 5.74) is 5.71. The normalized spacial score (nSPS) is 21.9. The number of piperidine rings is 1. The van der Waals surface area contributed by atoms with E-state index in [0.717, 1.165) is 38.8 Å². The summed E-state index contributed by atoms with van der Waals surface area (Å²) in [6, 6.07) is 0.238. The zero-order chi connectivity index (χ0) is 14.7. The van der Waals surface area contributed by atoms with Gasteiger partial charge in [0.05, 0.1) is 5.92 Å². The predicted octanol–water partition coefficient (Wildman–Crippen LogP) is 0.735. The van der Waals surface area contributed by atoms with Crippen molar-refractivity contribution in [1.29, 1.82) is 0 Å². The number of likely N-dealkylation sites (tertiary alicyclic amines) is 1. The Bertz CT molecular complexity index is 358. The molecule has 1 saturated carbocycles. The molecule has 0 bridgehead atoms. The highest BCUT2D eigenvalue weighted by Crippen LogP contribution is 2.29. The van der Waals surface area contributed by atoms with Gasteiger partial charge in [0, 0.05) is 31.6 Å². The van der Waals surface area contributed by atoms with Crippen LogP contribution in [0.25, 0.3) is 0 Å². The summed E-state index contributed by atoms with van der Waals surface area (Å²) in [4.78, 5) is 26.0. The SMILES string of the molecule is CC(C)C(CN)C(=O)N1CCC(NC(=O)C2CC2)CC1. The zero-order valence-electron chi connectivity index (χ0n) is 12.6. The maximum Gasteiger partial charge on any atom is 0.227 e. The van der Waals surface area contributed by atoms with Crippen molar-refractivity contribution in [2.24, 2.45) is 23.5 Å². The summed E-state index contributed by atoms with van der Waals surface area (Å²) in [5.74, 6) is 0.843. The molecule has 0 spiro atoms. The minimum atomic E-state index is -0.0763. The molecule has 1 unspecified atom stereocenters. The van der Waals surface area contributed by atoms with Gasteiger partial charge in [-0.2, -0.15) is 0 Å². The smallest absolute Gasteiger partial charge is 0.227 e. The second-order valence-electron chi connectivity index (χ2n) is 6.47. The minimum absolute atomic E-state index is 0.0763. The molecular weight excluding hydrogens is 254 g/mol. The number of hydrogen-bond donors (Lipinski definition) is 2. The third-order valence-electron chi connectivity index (χ3n) is 4.48.